The van der Waals surface area contributed by atoms with Gasteiger partial charge in [0.2, 0.25) is 0 Å². The number of amides is 1. The second kappa shape index (κ2) is 8.44. The van der Waals surface area contributed by atoms with Crippen molar-refractivity contribution in [3.8, 4) is 11.3 Å². The maximum Gasteiger partial charge on any atom is 0.252 e. The Labute approximate surface area is 205 Å². The van der Waals surface area contributed by atoms with Crippen molar-refractivity contribution >= 4 is 50.6 Å². The van der Waals surface area contributed by atoms with Gasteiger partial charge in [-0.1, -0.05) is 11.3 Å². The molecule has 0 spiro atoms. The van der Waals surface area contributed by atoms with Gasteiger partial charge in [-0.15, -0.1) is 12.4 Å². The molecule has 8 nitrogen and oxygen atoms in total. The molecule has 3 atom stereocenters. The largest absolute Gasteiger partial charge is 0.365 e. The van der Waals surface area contributed by atoms with Crippen LogP contribution in [0.3, 0.4) is 0 Å². The minimum Gasteiger partial charge on any atom is -0.365 e. The molecular formula is C23H25ClFN7OS. The molecule has 6 rings (SSSR count). The third kappa shape index (κ3) is 3.79. The minimum absolute atomic E-state index is 0. The summed E-state index contributed by atoms with van der Waals surface area (Å²) in [5.74, 6) is -1.01. The van der Waals surface area contributed by atoms with E-state index in [1.807, 2.05) is 13.0 Å². The van der Waals surface area contributed by atoms with Crippen LogP contribution in [0.15, 0.2) is 24.4 Å². The van der Waals surface area contributed by atoms with Gasteiger partial charge in [-0.2, -0.15) is 5.10 Å². The van der Waals surface area contributed by atoms with E-state index in [2.05, 4.69) is 32.3 Å². The molecular weight excluding hydrogens is 477 g/mol. The highest BCUT2D eigenvalue weighted by atomic mass is 35.5. The van der Waals surface area contributed by atoms with Crippen LogP contribution in [0, 0.1) is 12.7 Å². The zero-order chi connectivity index (χ0) is 22.9. The van der Waals surface area contributed by atoms with E-state index in [0.717, 1.165) is 22.7 Å². The van der Waals surface area contributed by atoms with E-state index in [9.17, 15) is 4.79 Å². The van der Waals surface area contributed by atoms with Gasteiger partial charge < -0.3 is 16.0 Å². The molecule has 2 bridgehead atoms. The van der Waals surface area contributed by atoms with Crippen molar-refractivity contribution in [1.29, 1.82) is 0 Å². The summed E-state index contributed by atoms with van der Waals surface area (Å²) in [6, 6.07) is 6.41. The van der Waals surface area contributed by atoms with Gasteiger partial charge in [-0.25, -0.2) is 18.9 Å². The van der Waals surface area contributed by atoms with Crippen molar-refractivity contribution in [2.45, 2.75) is 50.7 Å². The number of rotatable bonds is 4. The van der Waals surface area contributed by atoms with Crippen molar-refractivity contribution < 1.29 is 9.18 Å². The first-order valence-electron chi connectivity index (χ1n) is 11.1. The molecule has 2 aliphatic rings. The average Bonchev–Trinajstić information content (AvgIpc) is 3.47. The van der Waals surface area contributed by atoms with Gasteiger partial charge in [0.25, 0.3) is 5.91 Å². The van der Waals surface area contributed by atoms with Crippen LogP contribution in [0.4, 0.5) is 9.52 Å². The number of carbonyl (C=O) groups is 1. The van der Waals surface area contributed by atoms with Crippen molar-refractivity contribution in [3.05, 3.63) is 41.5 Å². The number of halogens is 2. The number of fused-ring (bicyclic) bond motifs is 4. The summed E-state index contributed by atoms with van der Waals surface area (Å²) in [4.78, 5) is 23.2. The average molecular weight is 502 g/mol. The number of primary amides is 1. The van der Waals surface area contributed by atoms with Gasteiger partial charge in [-0.3, -0.25) is 4.79 Å². The van der Waals surface area contributed by atoms with Crippen molar-refractivity contribution in [3.63, 3.8) is 0 Å². The van der Waals surface area contributed by atoms with E-state index in [-0.39, 0.29) is 18.0 Å². The molecule has 4 aromatic rings. The third-order valence-corrected chi connectivity index (χ3v) is 7.93. The molecule has 5 heterocycles. The number of piperidine rings is 1. The number of aryl methyl sites for hydroxylation is 1. The Bertz CT molecular complexity index is 1410. The maximum absolute atomic E-state index is 15.1. The summed E-state index contributed by atoms with van der Waals surface area (Å²) in [6.45, 7) is 1.81. The number of nitrogens with zero attached hydrogens (tertiary/aromatic N) is 5. The Morgan fingerprint density at radius 1 is 1.24 bits per heavy atom. The number of nitrogens with two attached hydrogens (primary N) is 1. The summed E-state index contributed by atoms with van der Waals surface area (Å²) < 4.78 is 17.4. The van der Waals surface area contributed by atoms with E-state index in [1.165, 1.54) is 34.8 Å². The first-order chi connectivity index (χ1) is 15.9. The number of thiazole rings is 1. The Hall–Kier alpha value is -2.82. The van der Waals surface area contributed by atoms with Gasteiger partial charge in [0.05, 0.1) is 27.8 Å². The fourth-order valence-corrected chi connectivity index (χ4v) is 6.24. The van der Waals surface area contributed by atoms with Gasteiger partial charge in [0, 0.05) is 30.7 Å². The van der Waals surface area contributed by atoms with Crippen LogP contribution in [-0.4, -0.2) is 50.7 Å². The van der Waals surface area contributed by atoms with Crippen LogP contribution in [0.25, 0.3) is 27.1 Å². The predicted octanol–water partition coefficient (Wildman–Crippen LogP) is 3.69. The van der Waals surface area contributed by atoms with Crippen LogP contribution in [-0.2, 0) is 0 Å². The summed E-state index contributed by atoms with van der Waals surface area (Å²) in [6.07, 6.45) is 6.34. The summed E-state index contributed by atoms with van der Waals surface area (Å²) in [5.41, 5.74) is 8.30. The Morgan fingerprint density at radius 2 is 1.97 bits per heavy atom. The number of imidazole rings is 1. The first-order valence-corrected chi connectivity index (χ1v) is 11.9. The molecule has 34 heavy (non-hydrogen) atoms. The molecule has 3 N–H and O–H groups in total. The van der Waals surface area contributed by atoms with E-state index >= 15 is 4.39 Å². The Morgan fingerprint density at radius 3 is 2.68 bits per heavy atom. The van der Waals surface area contributed by atoms with Crippen LogP contribution in [0.5, 0.6) is 0 Å². The zero-order valence-corrected chi connectivity index (χ0v) is 20.4. The molecule has 2 saturated heterocycles. The van der Waals surface area contributed by atoms with Gasteiger partial charge in [0.1, 0.15) is 5.52 Å². The molecule has 1 aromatic carbocycles. The van der Waals surface area contributed by atoms with Gasteiger partial charge >= 0.3 is 0 Å². The molecule has 2 aliphatic heterocycles. The van der Waals surface area contributed by atoms with Gasteiger partial charge in [-0.05, 0) is 50.8 Å². The molecule has 2 fully saturated rings. The normalized spacial score (nSPS) is 21.7. The van der Waals surface area contributed by atoms with Crippen molar-refractivity contribution in [2.24, 2.45) is 5.73 Å². The lowest BCUT2D eigenvalue weighted by Gasteiger charge is -2.35. The fraction of sp³-hybridized carbons (Fsp3) is 0.391. The van der Waals surface area contributed by atoms with E-state index in [0.29, 0.717) is 46.2 Å². The van der Waals surface area contributed by atoms with E-state index < -0.39 is 11.7 Å². The second-order valence-corrected chi connectivity index (χ2v) is 10.1. The quantitative estimate of drug-likeness (QED) is 0.442. The molecule has 0 saturated carbocycles. The Balaban J connectivity index is 0.00000241. The topological polar surface area (TPSA) is 101 Å². The van der Waals surface area contributed by atoms with Crippen LogP contribution >= 0.6 is 23.7 Å². The van der Waals surface area contributed by atoms with E-state index in [1.54, 1.807) is 12.3 Å². The van der Waals surface area contributed by atoms with E-state index in [4.69, 9.17) is 5.73 Å². The third-order valence-electron chi connectivity index (χ3n) is 6.84. The number of nitrogens with one attached hydrogen (secondary N) is 1. The lowest BCUT2D eigenvalue weighted by molar-refractivity contribution is 0.100. The number of anilines is 1. The smallest absolute Gasteiger partial charge is 0.252 e. The lowest BCUT2D eigenvalue weighted by Crippen LogP contribution is -2.47. The molecule has 3 aromatic heterocycles. The molecule has 11 heteroatoms. The SMILES string of the molecule is Cc1cn2nc(-c3cc(F)c4nc(N(C)C5C[C@H]6CC[C@@H](C5)N6)sc4c3)cc(C(N)=O)c2n1.Cl. The molecule has 1 amide bonds. The summed E-state index contributed by atoms with van der Waals surface area (Å²) in [5, 5.41) is 9.03. The molecule has 1 unspecified atom stereocenters. The zero-order valence-electron chi connectivity index (χ0n) is 18.8. The number of hydrogen-bond acceptors (Lipinski definition) is 7. The number of hydrogen-bond donors (Lipinski definition) is 2. The van der Waals surface area contributed by atoms with Crippen molar-refractivity contribution in [2.75, 3.05) is 11.9 Å². The maximum atomic E-state index is 15.1. The highest BCUT2D eigenvalue weighted by molar-refractivity contribution is 7.22. The van der Waals surface area contributed by atoms with Gasteiger partial charge in [0.15, 0.2) is 16.6 Å². The lowest BCUT2D eigenvalue weighted by atomic mass is 9.99. The number of aromatic nitrogens is 4. The van der Waals surface area contributed by atoms with Crippen LogP contribution in [0.1, 0.15) is 41.7 Å². The first kappa shape index (κ1) is 22.9. The summed E-state index contributed by atoms with van der Waals surface area (Å²) in [7, 11) is 2.06. The molecule has 0 aliphatic carbocycles. The van der Waals surface area contributed by atoms with Crippen LogP contribution in [0.2, 0.25) is 0 Å². The number of benzene rings is 1. The standard InChI is InChI=1S/C23H24FN7OS.ClH/c1-11-10-31-22(26-11)16(21(25)32)9-18(29-31)12-5-17(24)20-19(6-12)33-23(28-20)30(2)15-7-13-3-4-14(8-15)27-13;/h5-6,9-10,13-15,27H,3-4,7-8H2,1-2H3,(H2,25,32);1H/t13-,14+,15?;. The summed E-state index contributed by atoms with van der Waals surface area (Å²) >= 11 is 1.48. The van der Waals surface area contributed by atoms with Crippen LogP contribution < -0.4 is 16.0 Å². The monoisotopic (exact) mass is 501 g/mol. The highest BCUT2D eigenvalue weighted by Gasteiger charge is 2.36. The molecule has 178 valence electrons. The number of carbonyl (C=O) groups excluding carboxylic acids is 1. The van der Waals surface area contributed by atoms with Crippen molar-refractivity contribution in [1.82, 2.24) is 24.9 Å². The minimum atomic E-state index is -0.603. The fourth-order valence-electron chi connectivity index (χ4n) is 5.19. The predicted molar refractivity (Wildman–Crippen MR) is 133 cm³/mol. The Kier molecular flexibility index (Phi) is 5.70. The highest BCUT2D eigenvalue weighted by Crippen LogP contribution is 2.37. The molecule has 0 radical (unpaired) electrons. The second-order valence-electron chi connectivity index (χ2n) is 9.13.